The number of aliphatic hydroxyl groups is 1. The average molecular weight is 269 g/mol. The summed E-state index contributed by atoms with van der Waals surface area (Å²) in [5.41, 5.74) is 1.89. The molecule has 5 heteroatoms. The minimum atomic E-state index is -2.88. The minimum absolute atomic E-state index is 0.00106. The van der Waals surface area contributed by atoms with Crippen LogP contribution < -0.4 is 4.90 Å². The summed E-state index contributed by atoms with van der Waals surface area (Å²) in [6, 6.07) is 7.65. The molecule has 1 aliphatic heterocycles. The van der Waals surface area contributed by atoms with E-state index in [1.807, 2.05) is 31.2 Å². The van der Waals surface area contributed by atoms with Crippen LogP contribution >= 0.6 is 0 Å². The Labute approximate surface area is 108 Å². The van der Waals surface area contributed by atoms with Crippen molar-refractivity contribution in [3.8, 4) is 0 Å². The molecular weight excluding hydrogens is 250 g/mol. The second kappa shape index (κ2) is 4.90. The standard InChI is InChI=1S/C13H19NO3S/c1-10-9-18(16,17)8-7-14(10)13-5-3-12(4-6-13)11(2)15/h3-6,10-11,15H,7-9H2,1-2H3. The normalized spacial score (nSPS) is 24.8. The van der Waals surface area contributed by atoms with Crippen molar-refractivity contribution in [1.29, 1.82) is 0 Å². The maximum atomic E-state index is 11.5. The Balaban J connectivity index is 2.17. The molecule has 2 atom stereocenters. The van der Waals surface area contributed by atoms with Gasteiger partial charge in [-0.25, -0.2) is 8.42 Å². The number of hydrogen-bond donors (Lipinski definition) is 1. The summed E-state index contributed by atoms with van der Waals surface area (Å²) in [5, 5.41) is 9.45. The van der Waals surface area contributed by atoms with Gasteiger partial charge in [-0.1, -0.05) is 12.1 Å². The molecule has 0 bridgehead atoms. The Kier molecular flexibility index (Phi) is 3.64. The third kappa shape index (κ3) is 2.84. The van der Waals surface area contributed by atoms with Crippen molar-refractivity contribution in [3.05, 3.63) is 29.8 Å². The van der Waals surface area contributed by atoms with Gasteiger partial charge in [0, 0.05) is 18.3 Å². The molecule has 0 radical (unpaired) electrons. The molecule has 1 saturated heterocycles. The van der Waals surface area contributed by atoms with Gasteiger partial charge < -0.3 is 10.0 Å². The van der Waals surface area contributed by atoms with Crippen LogP contribution in [0.4, 0.5) is 5.69 Å². The van der Waals surface area contributed by atoms with Crippen LogP contribution in [0.3, 0.4) is 0 Å². The SMILES string of the molecule is CC(O)c1ccc(N2CCS(=O)(=O)CC2C)cc1. The van der Waals surface area contributed by atoms with Gasteiger partial charge in [0.25, 0.3) is 0 Å². The summed E-state index contributed by atoms with van der Waals surface area (Å²) in [6.45, 7) is 4.20. The number of anilines is 1. The number of benzene rings is 1. The van der Waals surface area contributed by atoms with Crippen molar-refractivity contribution in [2.45, 2.75) is 26.0 Å². The van der Waals surface area contributed by atoms with Gasteiger partial charge in [-0.2, -0.15) is 0 Å². The largest absolute Gasteiger partial charge is 0.389 e. The molecule has 100 valence electrons. The predicted octanol–water partition coefficient (Wildman–Crippen LogP) is 1.36. The lowest BCUT2D eigenvalue weighted by Gasteiger charge is -2.35. The third-order valence-corrected chi connectivity index (χ3v) is 5.17. The van der Waals surface area contributed by atoms with Crippen molar-refractivity contribution in [2.24, 2.45) is 0 Å². The summed E-state index contributed by atoms with van der Waals surface area (Å²) in [5.74, 6) is 0.431. The smallest absolute Gasteiger partial charge is 0.154 e. The quantitative estimate of drug-likeness (QED) is 0.881. The van der Waals surface area contributed by atoms with E-state index in [0.29, 0.717) is 6.54 Å². The molecular formula is C13H19NO3S. The molecule has 1 aromatic carbocycles. The van der Waals surface area contributed by atoms with Crippen molar-refractivity contribution in [1.82, 2.24) is 0 Å². The van der Waals surface area contributed by atoms with E-state index in [1.165, 1.54) is 0 Å². The molecule has 2 rings (SSSR count). The fraction of sp³-hybridized carbons (Fsp3) is 0.538. The predicted molar refractivity (Wildman–Crippen MR) is 72.5 cm³/mol. The molecule has 0 amide bonds. The monoisotopic (exact) mass is 269 g/mol. The van der Waals surface area contributed by atoms with Crippen molar-refractivity contribution >= 4 is 15.5 Å². The van der Waals surface area contributed by atoms with E-state index in [2.05, 4.69) is 4.90 Å². The van der Waals surface area contributed by atoms with E-state index in [0.717, 1.165) is 11.3 Å². The number of rotatable bonds is 2. The Morgan fingerprint density at radius 3 is 2.44 bits per heavy atom. The summed E-state index contributed by atoms with van der Waals surface area (Å²) in [7, 11) is -2.88. The van der Waals surface area contributed by atoms with Gasteiger partial charge in [0.05, 0.1) is 17.6 Å². The molecule has 1 heterocycles. The first-order chi connectivity index (χ1) is 8.39. The zero-order valence-corrected chi connectivity index (χ0v) is 11.5. The van der Waals surface area contributed by atoms with Crippen molar-refractivity contribution in [3.63, 3.8) is 0 Å². The Morgan fingerprint density at radius 2 is 1.94 bits per heavy atom. The van der Waals surface area contributed by atoms with E-state index in [9.17, 15) is 13.5 Å². The van der Waals surface area contributed by atoms with Crippen molar-refractivity contribution in [2.75, 3.05) is 23.0 Å². The summed E-state index contributed by atoms with van der Waals surface area (Å²) < 4.78 is 23.0. The van der Waals surface area contributed by atoms with Crippen LogP contribution in [0.5, 0.6) is 0 Å². The van der Waals surface area contributed by atoms with Crippen LogP contribution in [0, 0.1) is 0 Å². The third-order valence-electron chi connectivity index (χ3n) is 3.38. The van der Waals surface area contributed by atoms with Gasteiger partial charge >= 0.3 is 0 Å². The van der Waals surface area contributed by atoms with Crippen LogP contribution in [-0.2, 0) is 9.84 Å². The van der Waals surface area contributed by atoms with Crippen LogP contribution in [0.15, 0.2) is 24.3 Å². The maximum absolute atomic E-state index is 11.5. The number of aliphatic hydroxyl groups excluding tert-OH is 1. The van der Waals surface area contributed by atoms with Crippen LogP contribution in [0.1, 0.15) is 25.5 Å². The van der Waals surface area contributed by atoms with Gasteiger partial charge in [-0.15, -0.1) is 0 Å². The second-order valence-corrected chi connectivity index (χ2v) is 7.15. The highest BCUT2D eigenvalue weighted by Crippen LogP contribution is 2.23. The first-order valence-electron chi connectivity index (χ1n) is 6.14. The van der Waals surface area contributed by atoms with Gasteiger partial charge in [-0.05, 0) is 31.5 Å². The molecule has 2 unspecified atom stereocenters. The van der Waals surface area contributed by atoms with E-state index >= 15 is 0 Å². The summed E-state index contributed by atoms with van der Waals surface area (Å²) in [6.07, 6.45) is -0.474. The zero-order chi connectivity index (χ0) is 13.3. The fourth-order valence-corrected chi connectivity index (χ4v) is 3.88. The highest BCUT2D eigenvalue weighted by molar-refractivity contribution is 7.91. The topological polar surface area (TPSA) is 57.6 Å². The van der Waals surface area contributed by atoms with Crippen molar-refractivity contribution < 1.29 is 13.5 Å². The molecule has 0 spiro atoms. The number of sulfone groups is 1. The number of hydrogen-bond acceptors (Lipinski definition) is 4. The fourth-order valence-electron chi connectivity index (χ4n) is 2.33. The number of nitrogens with zero attached hydrogens (tertiary/aromatic N) is 1. The Hall–Kier alpha value is -1.07. The van der Waals surface area contributed by atoms with Gasteiger partial charge in [-0.3, -0.25) is 0 Å². The van der Waals surface area contributed by atoms with Crippen LogP contribution in [-0.4, -0.2) is 37.6 Å². The van der Waals surface area contributed by atoms with Gasteiger partial charge in [0.15, 0.2) is 9.84 Å². The highest BCUT2D eigenvalue weighted by Gasteiger charge is 2.28. The summed E-state index contributed by atoms with van der Waals surface area (Å²) >= 11 is 0. The zero-order valence-electron chi connectivity index (χ0n) is 10.7. The summed E-state index contributed by atoms with van der Waals surface area (Å²) in [4.78, 5) is 2.10. The molecule has 0 aromatic heterocycles. The lowest BCUT2D eigenvalue weighted by Crippen LogP contribution is -2.47. The lowest BCUT2D eigenvalue weighted by molar-refractivity contribution is 0.199. The minimum Gasteiger partial charge on any atom is -0.389 e. The molecule has 0 aliphatic carbocycles. The molecule has 1 aliphatic rings. The van der Waals surface area contributed by atoms with E-state index in [1.54, 1.807) is 6.92 Å². The second-order valence-electron chi connectivity index (χ2n) is 4.92. The molecule has 1 N–H and O–H groups in total. The van der Waals surface area contributed by atoms with E-state index < -0.39 is 15.9 Å². The Bertz CT molecular complexity index is 508. The first-order valence-corrected chi connectivity index (χ1v) is 7.96. The molecule has 18 heavy (non-hydrogen) atoms. The molecule has 0 saturated carbocycles. The maximum Gasteiger partial charge on any atom is 0.154 e. The molecule has 1 fully saturated rings. The average Bonchev–Trinajstić information content (AvgIpc) is 2.28. The molecule has 4 nitrogen and oxygen atoms in total. The molecule has 1 aromatic rings. The first kappa shape index (κ1) is 13.4. The van der Waals surface area contributed by atoms with E-state index in [-0.39, 0.29) is 17.5 Å². The lowest BCUT2D eigenvalue weighted by atomic mass is 10.1. The van der Waals surface area contributed by atoms with E-state index in [4.69, 9.17) is 0 Å². The highest BCUT2D eigenvalue weighted by atomic mass is 32.2. The van der Waals surface area contributed by atoms with Crippen LogP contribution in [0.25, 0.3) is 0 Å². The Morgan fingerprint density at radius 1 is 1.33 bits per heavy atom. The van der Waals surface area contributed by atoms with Crippen LogP contribution in [0.2, 0.25) is 0 Å². The van der Waals surface area contributed by atoms with Gasteiger partial charge in [0.1, 0.15) is 0 Å². The van der Waals surface area contributed by atoms with Gasteiger partial charge in [0.2, 0.25) is 0 Å².